The van der Waals surface area contributed by atoms with Crippen molar-refractivity contribution in [2.75, 3.05) is 33.8 Å². The van der Waals surface area contributed by atoms with Gasteiger partial charge in [0.05, 0.1) is 12.0 Å². The molecule has 1 aliphatic rings. The van der Waals surface area contributed by atoms with Crippen LogP contribution in [0.4, 0.5) is 0 Å². The van der Waals surface area contributed by atoms with E-state index < -0.39 is 0 Å². The minimum absolute atomic E-state index is 0.177. The number of rotatable bonds is 6. The average Bonchev–Trinajstić information content (AvgIpc) is 2.36. The minimum atomic E-state index is -0.361. The Hall–Kier alpha value is -0.610. The second-order valence-electron chi connectivity index (χ2n) is 5.94. The number of nitrogens with zero attached hydrogens (tertiary/aromatic N) is 1. The highest BCUT2D eigenvalue weighted by atomic mass is 16.5. The molecule has 0 aromatic heterocycles. The molecule has 4 nitrogen and oxygen atoms in total. The predicted molar refractivity (Wildman–Crippen MR) is 73.6 cm³/mol. The summed E-state index contributed by atoms with van der Waals surface area (Å²) in [4.78, 5) is 13.9. The fourth-order valence-corrected chi connectivity index (χ4v) is 2.24. The molecule has 1 N–H and O–H groups in total. The first kappa shape index (κ1) is 15.4. The molecule has 0 aromatic rings. The van der Waals surface area contributed by atoms with E-state index in [0.29, 0.717) is 6.42 Å². The van der Waals surface area contributed by atoms with Gasteiger partial charge in [0, 0.05) is 20.7 Å². The van der Waals surface area contributed by atoms with E-state index >= 15 is 0 Å². The highest BCUT2D eigenvalue weighted by molar-refractivity contribution is 5.76. The summed E-state index contributed by atoms with van der Waals surface area (Å²) in [7, 11) is 3.55. The average molecular weight is 256 g/mol. The van der Waals surface area contributed by atoms with Crippen molar-refractivity contribution in [3.63, 3.8) is 0 Å². The van der Waals surface area contributed by atoms with Gasteiger partial charge in [-0.3, -0.25) is 4.79 Å². The quantitative estimate of drug-likeness (QED) is 0.785. The van der Waals surface area contributed by atoms with Gasteiger partial charge >= 0.3 is 0 Å². The van der Waals surface area contributed by atoms with Gasteiger partial charge in [0.15, 0.2) is 0 Å². The van der Waals surface area contributed by atoms with E-state index in [0.717, 1.165) is 32.0 Å². The van der Waals surface area contributed by atoms with Gasteiger partial charge in [-0.25, -0.2) is 0 Å². The fraction of sp³-hybridized carbons (Fsp3) is 0.929. The number of carbonyl (C=O) groups is 1. The van der Waals surface area contributed by atoms with Crippen LogP contribution in [0.2, 0.25) is 0 Å². The zero-order chi connectivity index (χ0) is 13.6. The molecule has 0 radical (unpaired) electrons. The molecule has 0 unspecified atom stereocenters. The van der Waals surface area contributed by atoms with Crippen molar-refractivity contribution >= 4 is 5.91 Å². The van der Waals surface area contributed by atoms with Gasteiger partial charge in [-0.15, -0.1) is 0 Å². The SMILES string of the molecule is COC(C)(C)CC(=O)N(C)CCC1CCNCC1. The lowest BCUT2D eigenvalue weighted by molar-refractivity contribution is -0.135. The van der Waals surface area contributed by atoms with Crippen molar-refractivity contribution in [2.45, 2.75) is 45.1 Å². The van der Waals surface area contributed by atoms with E-state index in [1.807, 2.05) is 25.8 Å². The second-order valence-corrected chi connectivity index (χ2v) is 5.94. The number of nitrogens with one attached hydrogen (secondary N) is 1. The molecule has 18 heavy (non-hydrogen) atoms. The normalized spacial score (nSPS) is 17.8. The molecule has 1 heterocycles. The van der Waals surface area contributed by atoms with Gasteiger partial charge in [0.1, 0.15) is 0 Å². The van der Waals surface area contributed by atoms with Gasteiger partial charge < -0.3 is 15.0 Å². The number of piperidine rings is 1. The lowest BCUT2D eigenvalue weighted by atomic mass is 9.94. The molecule has 0 bridgehead atoms. The summed E-state index contributed by atoms with van der Waals surface area (Å²) in [6, 6.07) is 0. The number of ether oxygens (including phenoxy) is 1. The molecule has 106 valence electrons. The molecule has 0 atom stereocenters. The largest absolute Gasteiger partial charge is 0.378 e. The Morgan fingerprint density at radius 2 is 2.00 bits per heavy atom. The molecule has 1 fully saturated rings. The zero-order valence-corrected chi connectivity index (χ0v) is 12.3. The van der Waals surface area contributed by atoms with Crippen LogP contribution in [0.3, 0.4) is 0 Å². The molecule has 0 saturated carbocycles. The summed E-state index contributed by atoms with van der Waals surface area (Å²) in [5, 5.41) is 3.37. The van der Waals surface area contributed by atoms with Crippen molar-refractivity contribution in [1.82, 2.24) is 10.2 Å². The Morgan fingerprint density at radius 3 is 2.56 bits per heavy atom. The Kier molecular flexibility index (Phi) is 6.09. The van der Waals surface area contributed by atoms with Crippen LogP contribution in [0.25, 0.3) is 0 Å². The molecule has 1 aliphatic heterocycles. The third-order valence-electron chi connectivity index (χ3n) is 3.89. The van der Waals surface area contributed by atoms with Crippen molar-refractivity contribution in [1.29, 1.82) is 0 Å². The Bertz CT molecular complexity index is 261. The molecule has 1 rings (SSSR count). The van der Waals surface area contributed by atoms with Crippen LogP contribution in [-0.2, 0) is 9.53 Å². The van der Waals surface area contributed by atoms with Gasteiger partial charge in [-0.1, -0.05) is 0 Å². The van der Waals surface area contributed by atoms with Gasteiger partial charge in [0.25, 0.3) is 0 Å². The topological polar surface area (TPSA) is 41.6 Å². The van der Waals surface area contributed by atoms with E-state index in [2.05, 4.69) is 5.32 Å². The van der Waals surface area contributed by atoms with Crippen LogP contribution < -0.4 is 5.32 Å². The third kappa shape index (κ3) is 5.36. The molecule has 1 saturated heterocycles. The van der Waals surface area contributed by atoms with Crippen LogP contribution in [0.1, 0.15) is 39.5 Å². The second kappa shape index (κ2) is 7.10. The summed E-state index contributed by atoms with van der Waals surface area (Å²) >= 11 is 0. The maximum atomic E-state index is 12.0. The third-order valence-corrected chi connectivity index (χ3v) is 3.89. The number of carbonyl (C=O) groups excluding carboxylic acids is 1. The number of hydrogen-bond acceptors (Lipinski definition) is 3. The fourth-order valence-electron chi connectivity index (χ4n) is 2.24. The number of hydrogen-bond donors (Lipinski definition) is 1. The molecule has 4 heteroatoms. The van der Waals surface area contributed by atoms with Crippen molar-refractivity contribution in [3.8, 4) is 0 Å². The Morgan fingerprint density at radius 1 is 1.39 bits per heavy atom. The molecule has 0 aliphatic carbocycles. The molecule has 0 spiro atoms. The van der Waals surface area contributed by atoms with Crippen LogP contribution in [0.15, 0.2) is 0 Å². The first-order chi connectivity index (χ1) is 8.44. The Balaban J connectivity index is 2.26. The Labute approximate surface area is 111 Å². The maximum absolute atomic E-state index is 12.0. The standard InChI is InChI=1S/C14H28N2O2/c1-14(2,18-4)11-13(17)16(3)10-7-12-5-8-15-9-6-12/h12,15H,5-11H2,1-4H3. The van der Waals surface area contributed by atoms with Crippen LogP contribution >= 0.6 is 0 Å². The summed E-state index contributed by atoms with van der Waals surface area (Å²) in [6.07, 6.45) is 4.06. The van der Waals surface area contributed by atoms with E-state index in [1.165, 1.54) is 12.8 Å². The minimum Gasteiger partial charge on any atom is -0.378 e. The number of amides is 1. The number of methoxy groups -OCH3 is 1. The lowest BCUT2D eigenvalue weighted by Gasteiger charge is -2.28. The monoisotopic (exact) mass is 256 g/mol. The van der Waals surface area contributed by atoms with Crippen LogP contribution in [0, 0.1) is 5.92 Å². The predicted octanol–water partition coefficient (Wildman–Crippen LogP) is 1.65. The maximum Gasteiger partial charge on any atom is 0.225 e. The first-order valence-electron chi connectivity index (χ1n) is 6.94. The van der Waals surface area contributed by atoms with E-state index in [4.69, 9.17) is 4.74 Å². The molecular formula is C14H28N2O2. The summed E-state index contributed by atoms with van der Waals surface area (Å²) < 4.78 is 5.30. The van der Waals surface area contributed by atoms with Crippen molar-refractivity contribution < 1.29 is 9.53 Å². The smallest absolute Gasteiger partial charge is 0.225 e. The van der Waals surface area contributed by atoms with Crippen molar-refractivity contribution in [3.05, 3.63) is 0 Å². The van der Waals surface area contributed by atoms with Gasteiger partial charge in [-0.05, 0) is 52.1 Å². The summed E-state index contributed by atoms with van der Waals surface area (Å²) in [5.74, 6) is 0.952. The van der Waals surface area contributed by atoms with E-state index in [9.17, 15) is 4.79 Å². The highest BCUT2D eigenvalue weighted by Crippen LogP contribution is 2.18. The summed E-state index contributed by atoms with van der Waals surface area (Å²) in [6.45, 7) is 7.01. The molecule has 0 aromatic carbocycles. The summed E-state index contributed by atoms with van der Waals surface area (Å²) in [5.41, 5.74) is -0.361. The first-order valence-corrected chi connectivity index (χ1v) is 6.94. The van der Waals surface area contributed by atoms with E-state index in [1.54, 1.807) is 7.11 Å². The van der Waals surface area contributed by atoms with Crippen LogP contribution in [0.5, 0.6) is 0 Å². The van der Waals surface area contributed by atoms with Crippen molar-refractivity contribution in [2.24, 2.45) is 5.92 Å². The van der Waals surface area contributed by atoms with Gasteiger partial charge in [-0.2, -0.15) is 0 Å². The zero-order valence-electron chi connectivity index (χ0n) is 12.3. The molecule has 1 amide bonds. The van der Waals surface area contributed by atoms with Crippen LogP contribution in [-0.4, -0.2) is 50.2 Å². The van der Waals surface area contributed by atoms with Gasteiger partial charge in [0.2, 0.25) is 5.91 Å². The molecular weight excluding hydrogens is 228 g/mol. The lowest BCUT2D eigenvalue weighted by Crippen LogP contribution is -2.37. The van der Waals surface area contributed by atoms with E-state index in [-0.39, 0.29) is 11.5 Å². The highest BCUT2D eigenvalue weighted by Gasteiger charge is 2.23.